The largest absolute Gasteiger partial charge is 0.307 e. The SMILES string of the molecule is CCC(C)(CCl)NCC(C)=CCl. The molecule has 0 fully saturated rings. The van der Waals surface area contributed by atoms with Gasteiger partial charge >= 0.3 is 0 Å². The zero-order valence-corrected chi connectivity index (χ0v) is 9.47. The van der Waals surface area contributed by atoms with Crippen LogP contribution in [0.3, 0.4) is 0 Å². The van der Waals surface area contributed by atoms with Crippen molar-refractivity contribution in [2.75, 3.05) is 12.4 Å². The summed E-state index contributed by atoms with van der Waals surface area (Å²) in [5.74, 6) is 0.624. The van der Waals surface area contributed by atoms with Gasteiger partial charge in [-0.3, -0.25) is 0 Å². The maximum Gasteiger partial charge on any atom is 0.0403 e. The molecule has 1 unspecified atom stereocenters. The quantitative estimate of drug-likeness (QED) is 0.687. The van der Waals surface area contributed by atoms with Crippen LogP contribution in [0.25, 0.3) is 0 Å². The third-order valence-corrected chi connectivity index (χ3v) is 3.02. The molecule has 0 aliphatic rings. The Morgan fingerprint density at radius 1 is 1.58 bits per heavy atom. The van der Waals surface area contributed by atoms with Crippen molar-refractivity contribution in [1.29, 1.82) is 0 Å². The van der Waals surface area contributed by atoms with Gasteiger partial charge in [0, 0.05) is 23.5 Å². The molecule has 0 saturated heterocycles. The van der Waals surface area contributed by atoms with Gasteiger partial charge in [-0.25, -0.2) is 0 Å². The molecule has 72 valence electrons. The minimum atomic E-state index is 0.0305. The average molecular weight is 210 g/mol. The molecule has 1 N–H and O–H groups in total. The van der Waals surface area contributed by atoms with Crippen LogP contribution in [0, 0.1) is 0 Å². The van der Waals surface area contributed by atoms with Gasteiger partial charge in [-0.2, -0.15) is 0 Å². The third kappa shape index (κ3) is 4.34. The molecule has 0 amide bonds. The first-order chi connectivity index (χ1) is 5.58. The van der Waals surface area contributed by atoms with Gasteiger partial charge in [0.1, 0.15) is 0 Å². The first kappa shape index (κ1) is 12.3. The Morgan fingerprint density at radius 3 is 2.50 bits per heavy atom. The van der Waals surface area contributed by atoms with E-state index >= 15 is 0 Å². The van der Waals surface area contributed by atoms with Crippen molar-refractivity contribution in [2.24, 2.45) is 0 Å². The van der Waals surface area contributed by atoms with Crippen LogP contribution in [0.5, 0.6) is 0 Å². The van der Waals surface area contributed by atoms with Crippen molar-refractivity contribution >= 4 is 23.2 Å². The van der Waals surface area contributed by atoms with Gasteiger partial charge in [0.25, 0.3) is 0 Å². The molecule has 3 heteroatoms. The Balaban J connectivity index is 3.89. The first-order valence-electron chi connectivity index (χ1n) is 4.15. The lowest BCUT2D eigenvalue weighted by Gasteiger charge is -2.27. The Hall–Kier alpha value is 0.280. The summed E-state index contributed by atoms with van der Waals surface area (Å²) in [5.41, 5.74) is 2.75. The molecule has 0 heterocycles. The number of nitrogens with one attached hydrogen (secondary N) is 1. The number of halogens is 2. The van der Waals surface area contributed by atoms with Gasteiger partial charge in [-0.1, -0.05) is 18.5 Å². The first-order valence-corrected chi connectivity index (χ1v) is 5.12. The summed E-state index contributed by atoms with van der Waals surface area (Å²) in [6.07, 6.45) is 1.02. The Bertz CT molecular complexity index is 151. The molecule has 0 spiro atoms. The lowest BCUT2D eigenvalue weighted by Crippen LogP contribution is -2.44. The summed E-state index contributed by atoms with van der Waals surface area (Å²) in [4.78, 5) is 0. The topological polar surface area (TPSA) is 12.0 Å². The van der Waals surface area contributed by atoms with Crippen molar-refractivity contribution in [1.82, 2.24) is 5.32 Å². The fourth-order valence-electron chi connectivity index (χ4n) is 0.658. The zero-order chi connectivity index (χ0) is 9.61. The molecule has 0 aliphatic carbocycles. The van der Waals surface area contributed by atoms with E-state index in [1.165, 1.54) is 0 Å². The fourth-order valence-corrected chi connectivity index (χ4v) is 1.02. The van der Waals surface area contributed by atoms with E-state index in [2.05, 4.69) is 19.2 Å². The van der Waals surface area contributed by atoms with Crippen molar-refractivity contribution in [3.05, 3.63) is 11.1 Å². The molecule has 0 aromatic heterocycles. The van der Waals surface area contributed by atoms with Crippen LogP contribution >= 0.6 is 23.2 Å². The molecular weight excluding hydrogens is 193 g/mol. The van der Waals surface area contributed by atoms with Crippen LogP contribution < -0.4 is 5.32 Å². The van der Waals surface area contributed by atoms with Crippen LogP contribution in [0.4, 0.5) is 0 Å². The molecule has 0 aromatic carbocycles. The van der Waals surface area contributed by atoms with Crippen LogP contribution in [0.15, 0.2) is 11.1 Å². The van der Waals surface area contributed by atoms with Gasteiger partial charge in [0.2, 0.25) is 0 Å². The minimum absolute atomic E-state index is 0.0305. The Labute approximate surface area is 85.1 Å². The van der Waals surface area contributed by atoms with Crippen LogP contribution in [0.1, 0.15) is 27.2 Å². The smallest absolute Gasteiger partial charge is 0.0403 e. The van der Waals surface area contributed by atoms with E-state index in [9.17, 15) is 0 Å². The molecule has 1 nitrogen and oxygen atoms in total. The summed E-state index contributed by atoms with van der Waals surface area (Å²) in [6, 6.07) is 0. The average Bonchev–Trinajstić information content (AvgIpc) is 2.13. The highest BCUT2D eigenvalue weighted by Gasteiger charge is 2.18. The van der Waals surface area contributed by atoms with E-state index in [1.807, 2.05) is 6.92 Å². The molecule has 1 atom stereocenters. The van der Waals surface area contributed by atoms with Gasteiger partial charge in [-0.15, -0.1) is 11.6 Å². The van der Waals surface area contributed by atoms with Crippen molar-refractivity contribution in [3.63, 3.8) is 0 Å². The molecule has 0 rings (SSSR count). The molecular formula is C9H17Cl2N. The lowest BCUT2D eigenvalue weighted by molar-refractivity contribution is 0.396. The van der Waals surface area contributed by atoms with E-state index in [4.69, 9.17) is 23.2 Å². The Kier molecular flexibility index (Phi) is 5.98. The Morgan fingerprint density at radius 2 is 2.17 bits per heavy atom. The second kappa shape index (κ2) is 5.85. The van der Waals surface area contributed by atoms with Crippen molar-refractivity contribution < 1.29 is 0 Å². The number of rotatable bonds is 5. The van der Waals surface area contributed by atoms with E-state index in [-0.39, 0.29) is 5.54 Å². The predicted molar refractivity (Wildman–Crippen MR) is 57.0 cm³/mol. The van der Waals surface area contributed by atoms with E-state index in [0.717, 1.165) is 18.5 Å². The highest BCUT2D eigenvalue weighted by Crippen LogP contribution is 2.11. The molecule has 0 saturated carbocycles. The molecule has 12 heavy (non-hydrogen) atoms. The number of hydrogen-bond donors (Lipinski definition) is 1. The summed E-state index contributed by atoms with van der Waals surface area (Å²) in [7, 11) is 0. The second-order valence-electron chi connectivity index (χ2n) is 3.36. The van der Waals surface area contributed by atoms with Crippen molar-refractivity contribution in [3.8, 4) is 0 Å². The van der Waals surface area contributed by atoms with Crippen LogP contribution in [-0.2, 0) is 0 Å². The zero-order valence-electron chi connectivity index (χ0n) is 7.95. The van der Waals surface area contributed by atoms with Crippen molar-refractivity contribution in [2.45, 2.75) is 32.7 Å². The molecule has 0 bridgehead atoms. The summed E-state index contributed by atoms with van der Waals surface area (Å²) in [6.45, 7) is 7.03. The van der Waals surface area contributed by atoms with Crippen LogP contribution in [0.2, 0.25) is 0 Å². The summed E-state index contributed by atoms with van der Waals surface area (Å²) in [5, 5.41) is 3.36. The standard InChI is InChI=1S/C9H17Cl2N/c1-4-9(3,7-11)12-6-8(2)5-10/h5,12H,4,6-7H2,1-3H3. The van der Waals surface area contributed by atoms with E-state index < -0.39 is 0 Å². The normalized spacial score (nSPS) is 17.6. The monoisotopic (exact) mass is 209 g/mol. The highest BCUT2D eigenvalue weighted by atomic mass is 35.5. The van der Waals surface area contributed by atoms with E-state index in [1.54, 1.807) is 5.54 Å². The van der Waals surface area contributed by atoms with Gasteiger partial charge < -0.3 is 5.32 Å². The maximum atomic E-state index is 5.82. The lowest BCUT2D eigenvalue weighted by atomic mass is 10.0. The number of alkyl halides is 1. The highest BCUT2D eigenvalue weighted by molar-refractivity contribution is 6.25. The molecule has 0 aromatic rings. The molecule has 0 aliphatic heterocycles. The van der Waals surface area contributed by atoms with Gasteiger partial charge in [0.15, 0.2) is 0 Å². The van der Waals surface area contributed by atoms with E-state index in [0.29, 0.717) is 5.88 Å². The maximum absolute atomic E-state index is 5.82. The fraction of sp³-hybridized carbons (Fsp3) is 0.778. The van der Waals surface area contributed by atoms with Gasteiger partial charge in [0.05, 0.1) is 0 Å². The second-order valence-corrected chi connectivity index (χ2v) is 3.84. The van der Waals surface area contributed by atoms with Crippen LogP contribution in [-0.4, -0.2) is 18.0 Å². The number of hydrogen-bond acceptors (Lipinski definition) is 1. The minimum Gasteiger partial charge on any atom is -0.307 e. The molecule has 0 radical (unpaired) electrons. The predicted octanol–water partition coefficient (Wildman–Crippen LogP) is 3.13. The summed E-state index contributed by atoms with van der Waals surface area (Å²) >= 11 is 11.4. The van der Waals surface area contributed by atoms with Gasteiger partial charge in [-0.05, 0) is 25.8 Å². The summed E-state index contributed by atoms with van der Waals surface area (Å²) < 4.78 is 0. The third-order valence-electron chi connectivity index (χ3n) is 2.06.